The van der Waals surface area contributed by atoms with Crippen molar-refractivity contribution in [3.63, 3.8) is 0 Å². The number of phosphoric ester groups is 1. The predicted octanol–water partition coefficient (Wildman–Crippen LogP) is 6.54. The molecule has 3 atom stereocenters. The lowest BCUT2D eigenvalue weighted by Crippen LogP contribution is -2.35. The number of halogens is 11. The van der Waals surface area contributed by atoms with E-state index in [-0.39, 0.29) is 37.8 Å². The van der Waals surface area contributed by atoms with Crippen LogP contribution in [0.1, 0.15) is 84.7 Å². The predicted molar refractivity (Wildman–Crippen MR) is 247 cm³/mol. The first-order valence-corrected chi connectivity index (χ1v) is 27.0. The van der Waals surface area contributed by atoms with Crippen molar-refractivity contribution < 1.29 is 98.7 Å². The summed E-state index contributed by atoms with van der Waals surface area (Å²) in [5.74, 6) is -7.93. The van der Waals surface area contributed by atoms with E-state index < -0.39 is 189 Å². The third-order valence-corrected chi connectivity index (χ3v) is 15.6. The van der Waals surface area contributed by atoms with Crippen LogP contribution in [0.25, 0.3) is 22.0 Å². The number of hydrogen-bond donors (Lipinski definition) is 4. The molecule has 0 aliphatic heterocycles. The summed E-state index contributed by atoms with van der Waals surface area (Å²) in [7, 11) is -13.0. The van der Waals surface area contributed by atoms with Gasteiger partial charge >= 0.3 is 26.1 Å². The van der Waals surface area contributed by atoms with E-state index in [9.17, 15) is 70.9 Å². The molecule has 0 spiro atoms. The van der Waals surface area contributed by atoms with Gasteiger partial charge in [-0.25, -0.2) is 44.0 Å². The number of rotatable bonds is 18. The molecular formula is C44H39ClF10N7O12PS2. The average molecular weight is 1180 g/mol. The molecule has 19 nitrogen and oxygen atoms in total. The Morgan fingerprint density at radius 3 is 2.25 bits per heavy atom. The fourth-order valence-corrected chi connectivity index (χ4v) is 9.63. The van der Waals surface area contributed by atoms with Gasteiger partial charge in [0.05, 0.1) is 40.9 Å². The van der Waals surface area contributed by atoms with Gasteiger partial charge in [-0.2, -0.15) is 45.3 Å². The molecule has 1 saturated carbocycles. The van der Waals surface area contributed by atoms with Gasteiger partial charge in [0.15, 0.2) is 15.5 Å². The molecule has 1 unspecified atom stereocenters. The van der Waals surface area contributed by atoms with Crippen LogP contribution in [0.3, 0.4) is 0 Å². The number of carbonyl (C=O) groups is 3. The van der Waals surface area contributed by atoms with E-state index >= 15 is 8.78 Å². The maximum atomic E-state index is 15.6. The Morgan fingerprint density at radius 1 is 1.00 bits per heavy atom. The fourth-order valence-electron chi connectivity index (χ4n) is 8.41. The summed E-state index contributed by atoms with van der Waals surface area (Å²) in [6.07, 6.45) is -12.4. The summed E-state index contributed by atoms with van der Waals surface area (Å²) < 4.78 is 215. The highest BCUT2D eigenvalue weighted by Crippen LogP contribution is 2.68. The topological polar surface area (TPSA) is 259 Å². The van der Waals surface area contributed by atoms with E-state index in [1.807, 2.05) is 0 Å². The fraction of sp³-hybridized carbons (Fsp3) is 0.409. The quantitative estimate of drug-likeness (QED) is 0.0181. The highest BCUT2D eigenvalue weighted by molar-refractivity contribution is 7.92. The normalized spacial score (nSPS) is 16.6. The van der Waals surface area contributed by atoms with E-state index in [1.54, 1.807) is 0 Å². The standard InChI is InChI=1S/C44H39ClF10N7O12PS2/c1-41(2,77(3,71)72)11-10-24-4-5-25(26-6-7-29(45)36-31(58-61(38(26)36)19-42(48,49)50)17-62(76(69)70)33(64)8-9-34(65)73-20-74-75(66,67)68)37(56-24)30(14-21-12-22(46)15-23(47)13-21)57-32(63)18-60-40-35(39(59-60)44(53,54)55)27-16-28(27)43(40,51)52/h4-7,12-13,15,27-28,30,76H,8-9,14,16-20H2,1-3H3,(H,57,63)(H2,66,67,68)/t27-,28+,30?/m0/s1. The van der Waals surface area contributed by atoms with Gasteiger partial charge in [-0.1, -0.05) is 23.6 Å². The number of aromatic nitrogens is 5. The first-order valence-electron chi connectivity index (χ1n) is 22.1. The second-order valence-electron chi connectivity index (χ2n) is 18.1. The number of pyridine rings is 1. The third-order valence-electron chi connectivity index (χ3n) is 12.2. The van der Waals surface area contributed by atoms with Gasteiger partial charge in [0.2, 0.25) is 29.5 Å². The number of nitrogens with one attached hydrogen (secondary N) is 1. The Bertz CT molecular complexity index is 3510. The van der Waals surface area contributed by atoms with Gasteiger partial charge in [-0.15, -0.1) is 0 Å². The number of fused-ring (bicyclic) bond motifs is 4. The highest BCUT2D eigenvalue weighted by Gasteiger charge is 2.68. The molecule has 0 radical (unpaired) electrons. The largest absolute Gasteiger partial charge is 0.472 e. The van der Waals surface area contributed by atoms with Gasteiger partial charge in [0, 0.05) is 46.7 Å². The molecule has 2 aliphatic carbocycles. The van der Waals surface area contributed by atoms with Crippen molar-refractivity contribution in [2.75, 3.05) is 13.0 Å². The molecule has 416 valence electrons. The minimum atomic E-state index is -5.25. The molecule has 33 heteroatoms. The summed E-state index contributed by atoms with van der Waals surface area (Å²) >= 11 is 6.60. The number of esters is 1. The van der Waals surface area contributed by atoms with Crippen LogP contribution in [-0.2, 0) is 87.1 Å². The van der Waals surface area contributed by atoms with Crippen LogP contribution in [0, 0.1) is 29.4 Å². The molecule has 2 amide bonds. The molecule has 0 saturated heterocycles. The van der Waals surface area contributed by atoms with Crippen molar-refractivity contribution in [2.45, 2.75) is 94.1 Å². The number of phosphoric acid groups is 1. The first kappa shape index (κ1) is 58.5. The molecule has 7 rings (SSSR count). The van der Waals surface area contributed by atoms with Crippen molar-refractivity contribution in [1.82, 2.24) is 34.2 Å². The highest BCUT2D eigenvalue weighted by atomic mass is 35.5. The van der Waals surface area contributed by atoms with Crippen LogP contribution in [0.5, 0.6) is 0 Å². The van der Waals surface area contributed by atoms with Gasteiger partial charge < -0.3 is 19.8 Å². The molecule has 3 aromatic heterocycles. The first-order chi connectivity index (χ1) is 35.5. The zero-order valence-electron chi connectivity index (χ0n) is 39.6. The zero-order chi connectivity index (χ0) is 57.1. The maximum absolute atomic E-state index is 15.6. The van der Waals surface area contributed by atoms with E-state index in [4.69, 9.17) is 21.4 Å². The molecule has 0 bridgehead atoms. The lowest BCUT2D eigenvalue weighted by Gasteiger charge is -2.23. The minimum absolute atomic E-state index is 0.0746. The summed E-state index contributed by atoms with van der Waals surface area (Å²) in [4.78, 5) is 61.6. The van der Waals surface area contributed by atoms with E-state index in [2.05, 4.69) is 41.6 Å². The average Bonchev–Trinajstić information content (AvgIpc) is 4.01. The van der Waals surface area contributed by atoms with Crippen LogP contribution in [0.2, 0.25) is 5.02 Å². The second kappa shape index (κ2) is 21.2. The number of sulfone groups is 1. The zero-order valence-corrected chi connectivity index (χ0v) is 42.9. The van der Waals surface area contributed by atoms with Crippen LogP contribution < -0.4 is 5.32 Å². The smallest absolute Gasteiger partial charge is 0.438 e. The van der Waals surface area contributed by atoms with Crippen molar-refractivity contribution in [3.05, 3.63) is 98.7 Å². The Kier molecular flexibility index (Phi) is 16.1. The van der Waals surface area contributed by atoms with Crippen molar-refractivity contribution in [3.8, 4) is 23.0 Å². The number of benzene rings is 2. The van der Waals surface area contributed by atoms with Crippen LogP contribution in [0.4, 0.5) is 43.9 Å². The Morgan fingerprint density at radius 2 is 1.65 bits per heavy atom. The lowest BCUT2D eigenvalue weighted by atomic mass is 9.93. The van der Waals surface area contributed by atoms with Gasteiger partial charge in [0.1, 0.15) is 40.9 Å². The number of thiol groups is 1. The molecular weight excluding hydrogens is 1140 g/mol. The van der Waals surface area contributed by atoms with E-state index in [0.29, 0.717) is 10.7 Å². The number of ether oxygens (including phenoxy) is 1. The van der Waals surface area contributed by atoms with Gasteiger partial charge in [0.25, 0.3) is 5.92 Å². The molecule has 2 aliphatic rings. The number of hydrogen-bond acceptors (Lipinski definition) is 13. The molecule has 77 heavy (non-hydrogen) atoms. The summed E-state index contributed by atoms with van der Waals surface area (Å²) in [5, 5.41) is 8.85. The Balaban J connectivity index is 1.39. The molecule has 1 fully saturated rings. The number of nitrogens with zero attached hydrogens (tertiary/aromatic N) is 6. The molecule has 3 N–H and O–H groups in total. The van der Waals surface area contributed by atoms with Crippen LogP contribution in [0.15, 0.2) is 42.5 Å². The Labute approximate surface area is 435 Å². The molecule has 3 heterocycles. The summed E-state index contributed by atoms with van der Waals surface area (Å²) in [6, 6.07) is 4.64. The van der Waals surface area contributed by atoms with Gasteiger partial charge in [-0.05, 0) is 74.4 Å². The molecule has 5 aromatic rings. The van der Waals surface area contributed by atoms with Crippen molar-refractivity contribution >= 4 is 68.8 Å². The third kappa shape index (κ3) is 13.2. The van der Waals surface area contributed by atoms with Gasteiger partial charge in [-0.3, -0.25) is 23.7 Å². The van der Waals surface area contributed by atoms with E-state index in [1.165, 1.54) is 13.8 Å². The van der Waals surface area contributed by atoms with Crippen LogP contribution in [-0.4, -0.2) is 97.2 Å². The number of alkyl halides is 8. The Hall–Kier alpha value is -6.16. The van der Waals surface area contributed by atoms with Crippen LogP contribution >= 0.6 is 19.4 Å². The maximum Gasteiger partial charge on any atom is 0.472 e. The van der Waals surface area contributed by atoms with E-state index in [0.717, 1.165) is 42.7 Å². The van der Waals surface area contributed by atoms with Crippen molar-refractivity contribution in [1.29, 1.82) is 0 Å². The van der Waals surface area contributed by atoms with Crippen molar-refractivity contribution in [2.24, 2.45) is 5.92 Å². The number of carbonyl (C=O) groups excluding carboxylic acids is 3. The summed E-state index contributed by atoms with van der Waals surface area (Å²) in [5.41, 5.74) is -6.59. The molecule has 2 aromatic carbocycles. The lowest BCUT2D eigenvalue weighted by molar-refractivity contribution is -0.152. The monoisotopic (exact) mass is 1180 g/mol. The number of amides is 2. The SMILES string of the molecule is CC(C)(C#Cc1ccc(-c2ccc(Cl)c3c(CN(C(=O)CCC(=O)OCOP(=O)(O)O)[SH](=O)=O)nn(CC(F)(F)F)c23)c(C(Cc2cc(F)cc(F)c2)NC(=O)Cn2nc(C(F)(F)F)c3c2C(F)(F)[C@@H]2C[C@H]32)n1)S(C)(=O)=O. The second-order valence-corrected chi connectivity index (χ2v) is 23.3. The summed E-state index contributed by atoms with van der Waals surface area (Å²) in [6.45, 7) is -3.29. The minimum Gasteiger partial charge on any atom is -0.438 e.